The molecule has 5 heteroatoms. The van der Waals surface area contributed by atoms with Gasteiger partial charge in [-0.15, -0.1) is 0 Å². The highest BCUT2D eigenvalue weighted by molar-refractivity contribution is 6.04. The Hall–Kier alpha value is -2.74. The van der Waals surface area contributed by atoms with E-state index in [9.17, 15) is 9.18 Å². The number of nitriles is 1. The monoisotopic (exact) mass is 241 g/mol. The molecule has 0 aliphatic carbocycles. The van der Waals surface area contributed by atoms with E-state index in [4.69, 9.17) is 5.26 Å². The average molecular weight is 241 g/mol. The van der Waals surface area contributed by atoms with E-state index in [0.717, 1.165) is 6.07 Å². The van der Waals surface area contributed by atoms with Crippen LogP contribution in [0, 0.1) is 17.1 Å². The number of nitrogens with one attached hydrogen (secondary N) is 1. The number of nitrogens with zero attached hydrogens (tertiary/aromatic N) is 2. The Kier molecular flexibility index (Phi) is 3.30. The van der Waals surface area contributed by atoms with Gasteiger partial charge < -0.3 is 5.32 Å². The van der Waals surface area contributed by atoms with Gasteiger partial charge in [-0.3, -0.25) is 9.78 Å². The molecule has 0 aliphatic rings. The number of carbonyl (C=O) groups is 1. The summed E-state index contributed by atoms with van der Waals surface area (Å²) in [7, 11) is 0. The molecule has 0 atom stereocenters. The summed E-state index contributed by atoms with van der Waals surface area (Å²) in [4.78, 5) is 15.6. The zero-order valence-electron chi connectivity index (χ0n) is 9.22. The molecule has 1 aromatic carbocycles. The summed E-state index contributed by atoms with van der Waals surface area (Å²) < 4.78 is 13.1. The first-order valence-corrected chi connectivity index (χ1v) is 5.12. The normalized spacial score (nSPS) is 9.56. The molecule has 1 aromatic heterocycles. The second kappa shape index (κ2) is 5.06. The first-order chi connectivity index (χ1) is 8.70. The minimum atomic E-state index is -0.614. The van der Waals surface area contributed by atoms with Crippen molar-refractivity contribution in [1.29, 1.82) is 5.26 Å². The van der Waals surface area contributed by atoms with E-state index in [-0.39, 0.29) is 11.5 Å². The van der Waals surface area contributed by atoms with Crippen molar-refractivity contribution in [2.24, 2.45) is 0 Å². The van der Waals surface area contributed by atoms with Crippen molar-refractivity contribution in [2.45, 2.75) is 0 Å². The van der Waals surface area contributed by atoms with Gasteiger partial charge in [0, 0.05) is 18.1 Å². The van der Waals surface area contributed by atoms with Crippen molar-refractivity contribution in [2.75, 3.05) is 5.32 Å². The molecule has 0 spiro atoms. The van der Waals surface area contributed by atoms with Gasteiger partial charge in [0.05, 0.1) is 11.1 Å². The number of aromatic nitrogens is 1. The summed E-state index contributed by atoms with van der Waals surface area (Å²) in [6, 6.07) is 8.77. The number of halogens is 1. The van der Waals surface area contributed by atoms with Crippen LogP contribution in [0.3, 0.4) is 0 Å². The summed E-state index contributed by atoms with van der Waals surface area (Å²) in [5.74, 6) is -0.976. The van der Waals surface area contributed by atoms with Crippen LogP contribution in [0.1, 0.15) is 15.9 Å². The molecule has 2 aromatic rings. The van der Waals surface area contributed by atoms with E-state index in [0.29, 0.717) is 11.3 Å². The minimum absolute atomic E-state index is 0.112. The van der Waals surface area contributed by atoms with E-state index in [2.05, 4.69) is 10.3 Å². The number of hydrogen-bond acceptors (Lipinski definition) is 3. The van der Waals surface area contributed by atoms with Crippen LogP contribution in [0.4, 0.5) is 10.1 Å². The molecule has 2 rings (SSSR count). The summed E-state index contributed by atoms with van der Waals surface area (Å²) in [5, 5.41) is 11.2. The molecule has 0 fully saturated rings. The zero-order chi connectivity index (χ0) is 13.0. The quantitative estimate of drug-likeness (QED) is 0.877. The van der Waals surface area contributed by atoms with Crippen LogP contribution in [0.5, 0.6) is 0 Å². The van der Waals surface area contributed by atoms with Crippen LogP contribution in [-0.4, -0.2) is 10.9 Å². The van der Waals surface area contributed by atoms with Gasteiger partial charge in [-0.1, -0.05) is 0 Å². The van der Waals surface area contributed by atoms with E-state index in [1.165, 1.54) is 18.3 Å². The third kappa shape index (κ3) is 2.50. The van der Waals surface area contributed by atoms with Gasteiger partial charge in [0.1, 0.15) is 11.9 Å². The summed E-state index contributed by atoms with van der Waals surface area (Å²) >= 11 is 0. The van der Waals surface area contributed by atoms with Crippen LogP contribution in [0.15, 0.2) is 42.7 Å². The molecular formula is C13H8FN3O. The van der Waals surface area contributed by atoms with Gasteiger partial charge in [0.25, 0.3) is 5.91 Å². The highest BCUT2D eigenvalue weighted by Gasteiger charge is 2.08. The molecule has 0 unspecified atom stereocenters. The lowest BCUT2D eigenvalue weighted by molar-refractivity contribution is 0.102. The maximum atomic E-state index is 13.1. The molecule has 0 bridgehead atoms. The van der Waals surface area contributed by atoms with Crippen molar-refractivity contribution < 1.29 is 9.18 Å². The zero-order valence-corrected chi connectivity index (χ0v) is 9.22. The van der Waals surface area contributed by atoms with Crippen molar-refractivity contribution in [1.82, 2.24) is 4.98 Å². The Bertz CT molecular complexity index is 620. The smallest absolute Gasteiger partial charge is 0.257 e. The van der Waals surface area contributed by atoms with Crippen LogP contribution < -0.4 is 5.32 Å². The third-order valence-corrected chi connectivity index (χ3v) is 2.27. The lowest BCUT2D eigenvalue weighted by Crippen LogP contribution is -2.12. The van der Waals surface area contributed by atoms with Crippen molar-refractivity contribution in [3.8, 4) is 6.07 Å². The molecule has 18 heavy (non-hydrogen) atoms. The van der Waals surface area contributed by atoms with Crippen LogP contribution in [0.2, 0.25) is 0 Å². The van der Waals surface area contributed by atoms with E-state index >= 15 is 0 Å². The fourth-order valence-corrected chi connectivity index (χ4v) is 1.39. The van der Waals surface area contributed by atoms with Gasteiger partial charge in [0.15, 0.2) is 0 Å². The van der Waals surface area contributed by atoms with E-state index < -0.39 is 5.82 Å². The molecule has 1 N–H and O–H groups in total. The number of amides is 1. The Morgan fingerprint density at radius 2 is 2.22 bits per heavy atom. The molecule has 88 valence electrons. The maximum Gasteiger partial charge on any atom is 0.257 e. The summed E-state index contributed by atoms with van der Waals surface area (Å²) in [6.07, 6.45) is 2.98. The first-order valence-electron chi connectivity index (χ1n) is 5.12. The van der Waals surface area contributed by atoms with Crippen molar-refractivity contribution in [3.63, 3.8) is 0 Å². The highest BCUT2D eigenvalue weighted by atomic mass is 19.1. The lowest BCUT2D eigenvalue weighted by Gasteiger charge is -2.05. The topological polar surface area (TPSA) is 65.8 Å². The lowest BCUT2D eigenvalue weighted by atomic mass is 10.2. The van der Waals surface area contributed by atoms with Gasteiger partial charge >= 0.3 is 0 Å². The number of rotatable bonds is 2. The Morgan fingerprint density at radius 1 is 1.39 bits per heavy atom. The fourth-order valence-electron chi connectivity index (χ4n) is 1.39. The van der Waals surface area contributed by atoms with Crippen molar-refractivity contribution in [3.05, 3.63) is 59.7 Å². The molecule has 0 aliphatic heterocycles. The molecule has 1 heterocycles. The Balaban J connectivity index is 2.20. The highest BCUT2D eigenvalue weighted by Crippen LogP contribution is 2.14. The van der Waals surface area contributed by atoms with E-state index in [1.54, 1.807) is 24.4 Å². The van der Waals surface area contributed by atoms with Crippen LogP contribution in [-0.2, 0) is 0 Å². The van der Waals surface area contributed by atoms with Gasteiger partial charge in [0.2, 0.25) is 0 Å². The van der Waals surface area contributed by atoms with Crippen molar-refractivity contribution >= 4 is 11.6 Å². The maximum absolute atomic E-state index is 13.1. The predicted molar refractivity (Wildman–Crippen MR) is 63.3 cm³/mol. The second-order valence-corrected chi connectivity index (χ2v) is 3.50. The molecule has 0 radical (unpaired) electrons. The average Bonchev–Trinajstić information content (AvgIpc) is 2.42. The fraction of sp³-hybridized carbons (Fsp3) is 0. The number of benzene rings is 1. The van der Waals surface area contributed by atoms with E-state index in [1.807, 2.05) is 0 Å². The molecule has 1 amide bonds. The minimum Gasteiger partial charge on any atom is -0.322 e. The number of carbonyl (C=O) groups excluding carboxylic acids is 1. The predicted octanol–water partition coefficient (Wildman–Crippen LogP) is 2.34. The Labute approximate surface area is 103 Å². The second-order valence-electron chi connectivity index (χ2n) is 3.50. The molecule has 0 saturated heterocycles. The SMILES string of the molecule is N#Cc1cc(NC(=O)c2cccnc2)ccc1F. The summed E-state index contributed by atoms with van der Waals surface area (Å²) in [5.41, 5.74) is 0.640. The molecule has 0 saturated carbocycles. The van der Waals surface area contributed by atoms with Crippen LogP contribution >= 0.6 is 0 Å². The van der Waals surface area contributed by atoms with Gasteiger partial charge in [-0.2, -0.15) is 5.26 Å². The molecular weight excluding hydrogens is 233 g/mol. The standard InChI is InChI=1S/C13H8FN3O/c14-12-4-3-11(6-10(12)7-15)17-13(18)9-2-1-5-16-8-9/h1-6,8H,(H,17,18). The number of pyridine rings is 1. The Morgan fingerprint density at radius 3 is 2.89 bits per heavy atom. The largest absolute Gasteiger partial charge is 0.322 e. The van der Waals surface area contributed by atoms with Crippen LogP contribution in [0.25, 0.3) is 0 Å². The first kappa shape index (κ1) is 11.7. The third-order valence-electron chi connectivity index (χ3n) is 2.27. The summed E-state index contributed by atoms with van der Waals surface area (Å²) in [6.45, 7) is 0. The van der Waals surface area contributed by atoms with Gasteiger partial charge in [-0.05, 0) is 30.3 Å². The molecule has 4 nitrogen and oxygen atoms in total. The number of hydrogen-bond donors (Lipinski definition) is 1. The number of anilines is 1. The van der Waals surface area contributed by atoms with Gasteiger partial charge in [-0.25, -0.2) is 4.39 Å².